The van der Waals surface area contributed by atoms with E-state index in [0.717, 1.165) is 29.5 Å². The van der Waals surface area contributed by atoms with Gasteiger partial charge in [0.2, 0.25) is 5.91 Å². The molecule has 2 N–H and O–H groups in total. The maximum Gasteiger partial charge on any atom is 0.335 e. The van der Waals surface area contributed by atoms with Crippen molar-refractivity contribution in [3.05, 3.63) is 64.7 Å². The number of amides is 1. The number of rotatable bonds is 4. The third kappa shape index (κ3) is 3.94. The lowest BCUT2D eigenvalue weighted by molar-refractivity contribution is -0.129. The third-order valence-corrected chi connectivity index (χ3v) is 4.81. The molecule has 1 amide bonds. The van der Waals surface area contributed by atoms with E-state index in [-0.39, 0.29) is 23.5 Å². The highest BCUT2D eigenvalue weighted by Crippen LogP contribution is 2.35. The number of aromatic carboxylic acids is 1. The van der Waals surface area contributed by atoms with Crippen LogP contribution in [-0.2, 0) is 9.53 Å². The maximum atomic E-state index is 12.9. The molecule has 0 saturated carbocycles. The van der Waals surface area contributed by atoms with Crippen LogP contribution >= 0.6 is 0 Å². The number of carbonyl (C=O) groups is 2. The van der Waals surface area contributed by atoms with Gasteiger partial charge in [-0.25, -0.2) is 4.79 Å². The molecule has 0 spiro atoms. The van der Waals surface area contributed by atoms with Crippen LogP contribution in [0.3, 0.4) is 0 Å². The summed E-state index contributed by atoms with van der Waals surface area (Å²) in [5.74, 6) is -1.46. The number of nitrogens with one attached hydrogen (secondary N) is 1. The molecule has 2 unspecified atom stereocenters. The first kappa shape index (κ1) is 18.1. The molecule has 2 atom stereocenters. The van der Waals surface area contributed by atoms with Gasteiger partial charge >= 0.3 is 5.97 Å². The Morgan fingerprint density at radius 1 is 1.12 bits per heavy atom. The SMILES string of the molecule is Cc1ccc(C2OCCCC2C(=O)Nc2cc(C(=O)O)ccc2C)cc1. The standard InChI is InChI=1S/C21H23NO4/c1-13-5-8-15(9-6-13)19-17(4-3-11-26-19)20(23)22-18-12-16(21(24)25)10-7-14(18)2/h5-10,12,17,19H,3-4,11H2,1-2H3,(H,22,23)(H,24,25). The van der Waals surface area contributed by atoms with E-state index < -0.39 is 5.97 Å². The first-order chi connectivity index (χ1) is 12.5. The van der Waals surface area contributed by atoms with Gasteiger partial charge in [0.05, 0.1) is 17.6 Å². The molecule has 5 heteroatoms. The zero-order valence-corrected chi connectivity index (χ0v) is 15.0. The number of benzene rings is 2. The summed E-state index contributed by atoms with van der Waals surface area (Å²) in [5.41, 5.74) is 3.66. The average Bonchev–Trinajstić information content (AvgIpc) is 2.64. The molecule has 1 aliphatic rings. The molecular weight excluding hydrogens is 330 g/mol. The summed E-state index contributed by atoms with van der Waals surface area (Å²) < 4.78 is 5.91. The summed E-state index contributed by atoms with van der Waals surface area (Å²) in [6.45, 7) is 4.50. The van der Waals surface area contributed by atoms with Crippen molar-refractivity contribution in [1.29, 1.82) is 0 Å². The first-order valence-electron chi connectivity index (χ1n) is 8.78. The lowest BCUT2D eigenvalue weighted by Crippen LogP contribution is -2.33. The van der Waals surface area contributed by atoms with E-state index in [1.165, 1.54) is 12.1 Å². The Morgan fingerprint density at radius 3 is 2.54 bits per heavy atom. The molecule has 0 aliphatic carbocycles. The van der Waals surface area contributed by atoms with Crippen LogP contribution in [0.5, 0.6) is 0 Å². The molecule has 1 saturated heterocycles. The van der Waals surface area contributed by atoms with Gasteiger partial charge in [-0.3, -0.25) is 4.79 Å². The quantitative estimate of drug-likeness (QED) is 0.867. The van der Waals surface area contributed by atoms with Crippen molar-refractivity contribution in [1.82, 2.24) is 0 Å². The van der Waals surface area contributed by atoms with Gasteiger partial charge in [0.25, 0.3) is 0 Å². The monoisotopic (exact) mass is 353 g/mol. The number of hydrogen-bond acceptors (Lipinski definition) is 3. The molecule has 2 aromatic carbocycles. The van der Waals surface area contributed by atoms with Crippen molar-refractivity contribution >= 4 is 17.6 Å². The highest BCUT2D eigenvalue weighted by atomic mass is 16.5. The minimum Gasteiger partial charge on any atom is -0.478 e. The van der Waals surface area contributed by atoms with Gasteiger partial charge in [0.1, 0.15) is 0 Å². The van der Waals surface area contributed by atoms with E-state index in [9.17, 15) is 9.59 Å². The summed E-state index contributed by atoms with van der Waals surface area (Å²) in [6.07, 6.45) is 1.28. The smallest absolute Gasteiger partial charge is 0.335 e. The van der Waals surface area contributed by atoms with Crippen LogP contribution in [0.1, 0.15) is 46.0 Å². The van der Waals surface area contributed by atoms with Gasteiger partial charge in [0.15, 0.2) is 0 Å². The van der Waals surface area contributed by atoms with E-state index in [1.54, 1.807) is 6.07 Å². The Balaban J connectivity index is 1.82. The number of carbonyl (C=O) groups excluding carboxylic acids is 1. The van der Waals surface area contributed by atoms with E-state index in [1.807, 2.05) is 38.1 Å². The minimum atomic E-state index is -1.01. The second-order valence-electron chi connectivity index (χ2n) is 6.77. The molecule has 5 nitrogen and oxygen atoms in total. The fourth-order valence-electron chi connectivity index (χ4n) is 3.25. The van der Waals surface area contributed by atoms with Crippen LogP contribution in [0.4, 0.5) is 5.69 Å². The van der Waals surface area contributed by atoms with Crippen molar-refractivity contribution in [3.8, 4) is 0 Å². The Kier molecular flexibility index (Phi) is 5.38. The fraction of sp³-hybridized carbons (Fsp3) is 0.333. The fourth-order valence-corrected chi connectivity index (χ4v) is 3.25. The summed E-state index contributed by atoms with van der Waals surface area (Å²) in [7, 11) is 0. The Morgan fingerprint density at radius 2 is 1.85 bits per heavy atom. The predicted molar refractivity (Wildman–Crippen MR) is 99.4 cm³/mol. The van der Waals surface area contributed by atoms with Crippen LogP contribution in [0.25, 0.3) is 0 Å². The molecule has 1 heterocycles. The number of anilines is 1. The highest BCUT2D eigenvalue weighted by Gasteiger charge is 2.33. The zero-order chi connectivity index (χ0) is 18.7. The summed E-state index contributed by atoms with van der Waals surface area (Å²) in [4.78, 5) is 24.1. The maximum absolute atomic E-state index is 12.9. The minimum absolute atomic E-state index is 0.138. The van der Waals surface area contributed by atoms with Crippen LogP contribution in [0, 0.1) is 19.8 Å². The van der Waals surface area contributed by atoms with E-state index >= 15 is 0 Å². The molecule has 0 bridgehead atoms. The molecule has 26 heavy (non-hydrogen) atoms. The van der Waals surface area contributed by atoms with Gasteiger partial charge in [-0.15, -0.1) is 0 Å². The van der Waals surface area contributed by atoms with Crippen LogP contribution < -0.4 is 5.32 Å². The molecule has 0 radical (unpaired) electrons. The van der Waals surface area contributed by atoms with Gasteiger partial charge in [-0.1, -0.05) is 35.9 Å². The Bertz CT molecular complexity index is 813. The largest absolute Gasteiger partial charge is 0.478 e. The zero-order valence-electron chi connectivity index (χ0n) is 15.0. The third-order valence-electron chi connectivity index (χ3n) is 4.81. The molecule has 1 fully saturated rings. The highest BCUT2D eigenvalue weighted by molar-refractivity contribution is 5.96. The predicted octanol–water partition coefficient (Wildman–Crippen LogP) is 4.11. The van der Waals surface area contributed by atoms with Crippen molar-refractivity contribution in [3.63, 3.8) is 0 Å². The van der Waals surface area contributed by atoms with Gasteiger partial charge in [-0.05, 0) is 49.9 Å². The number of aryl methyl sites for hydroxylation is 2. The number of hydrogen-bond donors (Lipinski definition) is 2. The van der Waals surface area contributed by atoms with Gasteiger partial charge < -0.3 is 15.2 Å². The summed E-state index contributed by atoms with van der Waals surface area (Å²) >= 11 is 0. The number of ether oxygens (including phenoxy) is 1. The van der Waals surface area contributed by atoms with Crippen LogP contribution in [0.15, 0.2) is 42.5 Å². The molecule has 1 aliphatic heterocycles. The molecular formula is C21H23NO4. The first-order valence-corrected chi connectivity index (χ1v) is 8.78. The van der Waals surface area contributed by atoms with Crippen molar-refractivity contribution < 1.29 is 19.4 Å². The molecule has 3 rings (SSSR count). The lowest BCUT2D eigenvalue weighted by atomic mass is 9.88. The second kappa shape index (κ2) is 7.70. The summed E-state index contributed by atoms with van der Waals surface area (Å²) in [6, 6.07) is 12.8. The molecule has 0 aromatic heterocycles. The summed E-state index contributed by atoms with van der Waals surface area (Å²) in [5, 5.41) is 12.1. The van der Waals surface area contributed by atoms with Crippen molar-refractivity contribution in [2.24, 2.45) is 5.92 Å². The Hall–Kier alpha value is -2.66. The normalized spacial score (nSPS) is 19.8. The van der Waals surface area contributed by atoms with E-state index in [4.69, 9.17) is 9.84 Å². The van der Waals surface area contributed by atoms with Crippen molar-refractivity contribution in [2.75, 3.05) is 11.9 Å². The van der Waals surface area contributed by atoms with E-state index in [0.29, 0.717) is 12.3 Å². The number of carboxylic acids is 1. The van der Waals surface area contributed by atoms with Gasteiger partial charge in [-0.2, -0.15) is 0 Å². The average molecular weight is 353 g/mol. The van der Waals surface area contributed by atoms with Crippen LogP contribution in [-0.4, -0.2) is 23.6 Å². The van der Waals surface area contributed by atoms with Gasteiger partial charge in [0, 0.05) is 12.3 Å². The van der Waals surface area contributed by atoms with Crippen LogP contribution in [0.2, 0.25) is 0 Å². The topological polar surface area (TPSA) is 75.6 Å². The number of carboxylic acid groups (broad SMARTS) is 1. The lowest BCUT2D eigenvalue weighted by Gasteiger charge is -2.31. The molecule has 136 valence electrons. The second-order valence-corrected chi connectivity index (χ2v) is 6.77. The molecule has 2 aromatic rings. The van der Waals surface area contributed by atoms with Crippen molar-refractivity contribution in [2.45, 2.75) is 32.8 Å². The Labute approximate surface area is 153 Å². The van der Waals surface area contributed by atoms with E-state index in [2.05, 4.69) is 5.32 Å².